The molecule has 2 nitrogen and oxygen atoms in total. The van der Waals surface area contributed by atoms with Crippen molar-refractivity contribution in [2.24, 2.45) is 0 Å². The summed E-state index contributed by atoms with van der Waals surface area (Å²) in [6.07, 6.45) is -0.0220. The highest BCUT2D eigenvalue weighted by Gasteiger charge is 2.23. The molecule has 2 unspecified atom stereocenters. The van der Waals surface area contributed by atoms with Crippen molar-refractivity contribution in [1.29, 1.82) is 0 Å². The first-order valence-electron chi connectivity index (χ1n) is 3.67. The fourth-order valence-electron chi connectivity index (χ4n) is 0.690. The molecule has 2 atom stereocenters. The molecule has 1 heterocycles. The van der Waals surface area contributed by atoms with Gasteiger partial charge in [0.25, 0.3) is 0 Å². The first-order chi connectivity index (χ1) is 4.83. The lowest BCUT2D eigenvalue weighted by atomic mass is 10.5. The van der Waals surface area contributed by atoms with Gasteiger partial charge in [0.15, 0.2) is 6.29 Å². The topological polar surface area (TPSA) is 18.5 Å². The summed E-state index contributed by atoms with van der Waals surface area (Å²) in [4.78, 5) is 0. The molecule has 0 aromatic rings. The molecule has 0 aromatic heterocycles. The summed E-state index contributed by atoms with van der Waals surface area (Å²) in [6.45, 7) is 5.51. The molecular formula is C7H14O2S. The maximum atomic E-state index is 5.36. The molecule has 1 aliphatic rings. The summed E-state index contributed by atoms with van der Waals surface area (Å²) < 4.78 is 10.6. The Labute approximate surface area is 66.3 Å². The van der Waals surface area contributed by atoms with Crippen molar-refractivity contribution in [2.75, 3.05) is 19.0 Å². The predicted octanol–water partition coefficient (Wildman–Crippen LogP) is 1.50. The van der Waals surface area contributed by atoms with Crippen molar-refractivity contribution >= 4 is 11.8 Å². The summed E-state index contributed by atoms with van der Waals surface area (Å²) in [5.74, 6) is 1.26. The Morgan fingerprint density at radius 3 is 2.80 bits per heavy atom. The van der Waals surface area contributed by atoms with Gasteiger partial charge in [0, 0.05) is 17.6 Å². The van der Waals surface area contributed by atoms with E-state index in [2.05, 4.69) is 0 Å². The molecule has 0 aromatic carbocycles. The van der Waals surface area contributed by atoms with Crippen LogP contribution in [-0.4, -0.2) is 30.5 Å². The Morgan fingerprint density at radius 2 is 2.30 bits per heavy atom. The number of ether oxygens (including phenoxy) is 2. The Balaban J connectivity index is 1.89. The van der Waals surface area contributed by atoms with E-state index in [1.165, 1.54) is 5.75 Å². The molecule has 0 bridgehead atoms. The molecule has 0 spiro atoms. The zero-order valence-electron chi connectivity index (χ0n) is 6.50. The zero-order valence-corrected chi connectivity index (χ0v) is 7.32. The van der Waals surface area contributed by atoms with E-state index in [9.17, 15) is 0 Å². The quantitative estimate of drug-likeness (QED) is 0.451. The van der Waals surface area contributed by atoms with Crippen molar-refractivity contribution in [2.45, 2.75) is 25.4 Å². The molecule has 0 aliphatic carbocycles. The van der Waals surface area contributed by atoms with Crippen LogP contribution in [0.15, 0.2) is 0 Å². The molecule has 1 saturated heterocycles. The van der Waals surface area contributed by atoms with Gasteiger partial charge in [-0.3, -0.25) is 0 Å². The summed E-state index contributed by atoms with van der Waals surface area (Å²) in [7, 11) is 0. The minimum Gasteiger partial charge on any atom is -0.353 e. The second kappa shape index (κ2) is 4.21. The van der Waals surface area contributed by atoms with E-state index in [0.717, 1.165) is 18.5 Å². The van der Waals surface area contributed by atoms with Crippen LogP contribution in [0.25, 0.3) is 0 Å². The van der Waals surface area contributed by atoms with E-state index < -0.39 is 0 Å². The van der Waals surface area contributed by atoms with Crippen molar-refractivity contribution in [1.82, 2.24) is 0 Å². The van der Waals surface area contributed by atoms with Gasteiger partial charge in [-0.2, -0.15) is 11.8 Å². The molecule has 0 radical (unpaired) electrons. The van der Waals surface area contributed by atoms with Crippen LogP contribution in [0.4, 0.5) is 0 Å². The SMILES string of the molecule is CCOC(C)OCC1CS1. The van der Waals surface area contributed by atoms with Crippen LogP contribution in [0.5, 0.6) is 0 Å². The minimum atomic E-state index is -0.0220. The van der Waals surface area contributed by atoms with Crippen LogP contribution < -0.4 is 0 Å². The van der Waals surface area contributed by atoms with Gasteiger partial charge in [-0.05, 0) is 13.8 Å². The van der Waals surface area contributed by atoms with Gasteiger partial charge < -0.3 is 9.47 Å². The summed E-state index contributed by atoms with van der Waals surface area (Å²) in [5.41, 5.74) is 0. The molecule has 10 heavy (non-hydrogen) atoms. The molecule has 60 valence electrons. The van der Waals surface area contributed by atoms with Crippen molar-refractivity contribution < 1.29 is 9.47 Å². The third-order valence-corrected chi connectivity index (χ3v) is 2.26. The Bertz CT molecular complexity index is 93.6. The summed E-state index contributed by atoms with van der Waals surface area (Å²) >= 11 is 1.95. The second-order valence-electron chi connectivity index (χ2n) is 2.31. The first-order valence-corrected chi connectivity index (χ1v) is 4.72. The first kappa shape index (κ1) is 8.37. The van der Waals surface area contributed by atoms with E-state index in [0.29, 0.717) is 0 Å². The number of rotatable bonds is 5. The third kappa shape index (κ3) is 3.44. The monoisotopic (exact) mass is 162 g/mol. The van der Waals surface area contributed by atoms with Crippen LogP contribution in [0.2, 0.25) is 0 Å². The maximum Gasteiger partial charge on any atom is 0.154 e. The molecule has 0 N–H and O–H groups in total. The number of hydrogen-bond acceptors (Lipinski definition) is 3. The molecule has 1 fully saturated rings. The molecule has 0 amide bonds. The number of thioether (sulfide) groups is 1. The molecular weight excluding hydrogens is 148 g/mol. The highest BCUT2D eigenvalue weighted by Crippen LogP contribution is 2.30. The smallest absolute Gasteiger partial charge is 0.154 e. The van der Waals surface area contributed by atoms with Crippen LogP contribution in [0, 0.1) is 0 Å². The zero-order chi connectivity index (χ0) is 7.40. The molecule has 3 heteroatoms. The van der Waals surface area contributed by atoms with Crippen molar-refractivity contribution in [3.63, 3.8) is 0 Å². The van der Waals surface area contributed by atoms with Crippen LogP contribution in [0.1, 0.15) is 13.8 Å². The molecule has 0 saturated carbocycles. The highest BCUT2D eigenvalue weighted by molar-refractivity contribution is 8.06. The molecule has 1 aliphatic heterocycles. The normalized spacial score (nSPS) is 26.4. The van der Waals surface area contributed by atoms with Crippen LogP contribution in [0.3, 0.4) is 0 Å². The van der Waals surface area contributed by atoms with Gasteiger partial charge >= 0.3 is 0 Å². The van der Waals surface area contributed by atoms with Gasteiger partial charge in [-0.15, -0.1) is 0 Å². The van der Waals surface area contributed by atoms with Crippen LogP contribution in [-0.2, 0) is 9.47 Å². The number of hydrogen-bond donors (Lipinski definition) is 0. The fraction of sp³-hybridized carbons (Fsp3) is 1.00. The lowest BCUT2D eigenvalue weighted by molar-refractivity contribution is -0.124. The second-order valence-corrected chi connectivity index (χ2v) is 3.64. The van der Waals surface area contributed by atoms with E-state index in [-0.39, 0.29) is 6.29 Å². The van der Waals surface area contributed by atoms with Gasteiger partial charge in [0.1, 0.15) is 0 Å². The largest absolute Gasteiger partial charge is 0.353 e. The molecule has 1 rings (SSSR count). The van der Waals surface area contributed by atoms with E-state index >= 15 is 0 Å². The van der Waals surface area contributed by atoms with Gasteiger partial charge in [0.2, 0.25) is 0 Å². The van der Waals surface area contributed by atoms with Gasteiger partial charge in [-0.1, -0.05) is 0 Å². The summed E-state index contributed by atoms with van der Waals surface area (Å²) in [5, 5.41) is 0.753. The fourth-order valence-corrected chi connectivity index (χ4v) is 1.10. The summed E-state index contributed by atoms with van der Waals surface area (Å²) in [6, 6.07) is 0. The van der Waals surface area contributed by atoms with Crippen LogP contribution >= 0.6 is 11.8 Å². The highest BCUT2D eigenvalue weighted by atomic mass is 32.2. The maximum absolute atomic E-state index is 5.36. The average Bonchev–Trinajstić information content (AvgIpc) is 2.67. The Kier molecular flexibility index (Phi) is 3.52. The van der Waals surface area contributed by atoms with Gasteiger partial charge in [0.05, 0.1) is 6.61 Å². The Hall–Kier alpha value is 0.270. The standard InChI is InChI=1S/C7H14O2S/c1-3-8-6(2)9-4-7-5-10-7/h6-7H,3-5H2,1-2H3. The van der Waals surface area contributed by atoms with E-state index in [1.807, 2.05) is 25.6 Å². The lowest BCUT2D eigenvalue weighted by Gasteiger charge is -2.11. The lowest BCUT2D eigenvalue weighted by Crippen LogP contribution is -2.15. The predicted molar refractivity (Wildman–Crippen MR) is 43.3 cm³/mol. The van der Waals surface area contributed by atoms with Gasteiger partial charge in [-0.25, -0.2) is 0 Å². The van der Waals surface area contributed by atoms with E-state index in [1.54, 1.807) is 0 Å². The average molecular weight is 162 g/mol. The van der Waals surface area contributed by atoms with Crippen molar-refractivity contribution in [3.8, 4) is 0 Å². The van der Waals surface area contributed by atoms with Crippen molar-refractivity contribution in [3.05, 3.63) is 0 Å². The minimum absolute atomic E-state index is 0.0220. The third-order valence-electron chi connectivity index (χ3n) is 1.32. The van der Waals surface area contributed by atoms with E-state index in [4.69, 9.17) is 9.47 Å². The Morgan fingerprint density at radius 1 is 1.60 bits per heavy atom.